The number of hydrogen-bond acceptors (Lipinski definition) is 2. The number of rotatable bonds is 0. The van der Waals surface area contributed by atoms with Crippen molar-refractivity contribution in [2.75, 3.05) is 7.05 Å². The maximum absolute atomic E-state index is 11.0. The molecule has 1 aromatic rings. The van der Waals surface area contributed by atoms with Gasteiger partial charge < -0.3 is 10.6 Å². The van der Waals surface area contributed by atoms with Gasteiger partial charge in [0.15, 0.2) is 0 Å². The molecule has 0 saturated heterocycles. The third-order valence-corrected chi connectivity index (χ3v) is 2.29. The number of carbonyl (C=O) groups is 1. The Balaban J connectivity index is 0.000000461. The predicted octanol–water partition coefficient (Wildman–Crippen LogP) is 1.12. The van der Waals surface area contributed by atoms with Crippen molar-refractivity contribution < 1.29 is 4.79 Å². The fourth-order valence-electron chi connectivity index (χ4n) is 1.56. The Morgan fingerprint density at radius 3 is 2.00 bits per heavy atom. The van der Waals surface area contributed by atoms with E-state index in [0.29, 0.717) is 0 Å². The van der Waals surface area contributed by atoms with Gasteiger partial charge in [-0.15, -0.1) is 0 Å². The van der Waals surface area contributed by atoms with Crippen LogP contribution in [0.5, 0.6) is 0 Å². The Labute approximate surface area is 84.5 Å². The minimum absolute atomic E-state index is 0.159. The lowest BCUT2D eigenvalue weighted by Gasteiger charge is -2.10. The van der Waals surface area contributed by atoms with Gasteiger partial charge in [-0.25, -0.2) is 0 Å². The lowest BCUT2D eigenvalue weighted by Crippen LogP contribution is -2.21. The second-order valence-electron chi connectivity index (χ2n) is 3.14. The highest BCUT2D eigenvalue weighted by Crippen LogP contribution is 2.21. The van der Waals surface area contributed by atoms with E-state index in [4.69, 9.17) is 0 Å². The van der Waals surface area contributed by atoms with Gasteiger partial charge in [-0.1, -0.05) is 24.3 Å². The van der Waals surface area contributed by atoms with E-state index >= 15 is 0 Å². The number of amides is 1. The SMILES string of the molecule is CC(=O)N1Cc2ccccc2C1.CN. The van der Waals surface area contributed by atoms with Crippen LogP contribution in [-0.4, -0.2) is 17.9 Å². The van der Waals surface area contributed by atoms with E-state index in [0.717, 1.165) is 13.1 Å². The minimum atomic E-state index is 0.159. The average molecular weight is 192 g/mol. The second kappa shape index (κ2) is 4.77. The number of nitrogens with zero attached hydrogens (tertiary/aromatic N) is 1. The van der Waals surface area contributed by atoms with Crippen molar-refractivity contribution in [2.24, 2.45) is 5.73 Å². The molecular formula is C11H16N2O. The summed E-state index contributed by atoms with van der Waals surface area (Å²) in [5.74, 6) is 0.159. The Morgan fingerprint density at radius 2 is 1.64 bits per heavy atom. The first-order valence-corrected chi connectivity index (χ1v) is 4.67. The van der Waals surface area contributed by atoms with E-state index in [-0.39, 0.29) is 5.91 Å². The molecule has 3 heteroatoms. The van der Waals surface area contributed by atoms with Crippen LogP contribution in [0, 0.1) is 0 Å². The largest absolute Gasteiger partial charge is 0.334 e. The summed E-state index contributed by atoms with van der Waals surface area (Å²) in [4.78, 5) is 12.9. The molecule has 0 bridgehead atoms. The summed E-state index contributed by atoms with van der Waals surface area (Å²) in [6.45, 7) is 3.18. The molecular weight excluding hydrogens is 176 g/mol. The first-order chi connectivity index (χ1) is 6.77. The van der Waals surface area contributed by atoms with Gasteiger partial charge >= 0.3 is 0 Å². The molecule has 1 heterocycles. The molecule has 3 nitrogen and oxygen atoms in total. The zero-order valence-corrected chi connectivity index (χ0v) is 8.66. The van der Waals surface area contributed by atoms with Gasteiger partial charge in [-0.05, 0) is 18.2 Å². The molecule has 1 amide bonds. The van der Waals surface area contributed by atoms with Gasteiger partial charge in [-0.3, -0.25) is 4.79 Å². The molecule has 1 aromatic carbocycles. The molecule has 0 spiro atoms. The first-order valence-electron chi connectivity index (χ1n) is 4.67. The van der Waals surface area contributed by atoms with E-state index in [1.165, 1.54) is 18.2 Å². The normalized spacial score (nSPS) is 12.9. The highest BCUT2D eigenvalue weighted by molar-refractivity contribution is 5.74. The molecule has 0 aliphatic carbocycles. The minimum Gasteiger partial charge on any atom is -0.334 e. The van der Waals surface area contributed by atoms with Crippen molar-refractivity contribution in [3.8, 4) is 0 Å². The number of fused-ring (bicyclic) bond motifs is 1. The highest BCUT2D eigenvalue weighted by atomic mass is 16.2. The third kappa shape index (κ3) is 2.12. The van der Waals surface area contributed by atoms with Crippen LogP contribution in [0.1, 0.15) is 18.1 Å². The van der Waals surface area contributed by atoms with E-state index in [1.807, 2.05) is 17.0 Å². The zero-order valence-electron chi connectivity index (χ0n) is 8.66. The maximum Gasteiger partial charge on any atom is 0.220 e. The molecule has 14 heavy (non-hydrogen) atoms. The second-order valence-corrected chi connectivity index (χ2v) is 3.14. The van der Waals surface area contributed by atoms with E-state index in [2.05, 4.69) is 17.9 Å². The average Bonchev–Trinajstić information content (AvgIpc) is 2.64. The Morgan fingerprint density at radius 1 is 1.21 bits per heavy atom. The zero-order chi connectivity index (χ0) is 10.6. The van der Waals surface area contributed by atoms with Crippen molar-refractivity contribution in [2.45, 2.75) is 20.0 Å². The van der Waals surface area contributed by atoms with Crippen LogP contribution in [0.2, 0.25) is 0 Å². The topological polar surface area (TPSA) is 46.3 Å². The van der Waals surface area contributed by atoms with Gasteiger partial charge in [0.25, 0.3) is 0 Å². The Kier molecular flexibility index (Phi) is 3.65. The molecule has 1 aliphatic rings. The van der Waals surface area contributed by atoms with Crippen molar-refractivity contribution in [1.82, 2.24) is 4.90 Å². The number of carbonyl (C=O) groups excluding carboxylic acids is 1. The number of nitrogens with two attached hydrogens (primary N) is 1. The summed E-state index contributed by atoms with van der Waals surface area (Å²) in [7, 11) is 1.50. The summed E-state index contributed by atoms with van der Waals surface area (Å²) < 4.78 is 0. The van der Waals surface area contributed by atoms with Crippen LogP contribution < -0.4 is 5.73 Å². The summed E-state index contributed by atoms with van der Waals surface area (Å²) in [6.07, 6.45) is 0. The van der Waals surface area contributed by atoms with Crippen LogP contribution >= 0.6 is 0 Å². The van der Waals surface area contributed by atoms with Crippen molar-refractivity contribution in [3.63, 3.8) is 0 Å². The van der Waals surface area contributed by atoms with E-state index < -0.39 is 0 Å². The van der Waals surface area contributed by atoms with Crippen molar-refractivity contribution >= 4 is 5.91 Å². The van der Waals surface area contributed by atoms with Crippen molar-refractivity contribution in [3.05, 3.63) is 35.4 Å². The lowest BCUT2D eigenvalue weighted by atomic mass is 10.1. The number of benzene rings is 1. The molecule has 0 unspecified atom stereocenters. The standard InChI is InChI=1S/C10H11NO.CH5N/c1-8(12)11-6-9-4-2-3-5-10(9)7-11;1-2/h2-5H,6-7H2,1H3;2H2,1H3. The summed E-state index contributed by atoms with van der Waals surface area (Å²) in [6, 6.07) is 8.20. The van der Waals surface area contributed by atoms with Gasteiger partial charge in [0.2, 0.25) is 5.91 Å². The number of hydrogen-bond donors (Lipinski definition) is 1. The Hall–Kier alpha value is -1.35. The van der Waals surface area contributed by atoms with Gasteiger partial charge in [-0.2, -0.15) is 0 Å². The summed E-state index contributed by atoms with van der Waals surface area (Å²) >= 11 is 0. The summed E-state index contributed by atoms with van der Waals surface area (Å²) in [5, 5.41) is 0. The fraction of sp³-hybridized carbons (Fsp3) is 0.364. The monoisotopic (exact) mass is 192 g/mol. The molecule has 0 saturated carbocycles. The predicted molar refractivity (Wildman–Crippen MR) is 56.5 cm³/mol. The van der Waals surface area contributed by atoms with Crippen molar-refractivity contribution in [1.29, 1.82) is 0 Å². The molecule has 0 aromatic heterocycles. The third-order valence-electron chi connectivity index (χ3n) is 2.29. The smallest absolute Gasteiger partial charge is 0.220 e. The van der Waals surface area contributed by atoms with Crippen LogP contribution in [-0.2, 0) is 17.9 Å². The molecule has 2 N–H and O–H groups in total. The quantitative estimate of drug-likeness (QED) is 0.669. The molecule has 2 rings (SSSR count). The van der Waals surface area contributed by atoms with Gasteiger partial charge in [0.1, 0.15) is 0 Å². The first kappa shape index (κ1) is 10.7. The van der Waals surface area contributed by atoms with E-state index in [9.17, 15) is 4.79 Å². The molecule has 76 valence electrons. The van der Waals surface area contributed by atoms with Crippen LogP contribution in [0.3, 0.4) is 0 Å². The fourth-order valence-corrected chi connectivity index (χ4v) is 1.56. The van der Waals surface area contributed by atoms with Gasteiger partial charge in [0.05, 0.1) is 0 Å². The van der Waals surface area contributed by atoms with Crippen LogP contribution in [0.25, 0.3) is 0 Å². The maximum atomic E-state index is 11.0. The molecule has 0 fully saturated rings. The van der Waals surface area contributed by atoms with Gasteiger partial charge in [0, 0.05) is 20.0 Å². The highest BCUT2D eigenvalue weighted by Gasteiger charge is 2.19. The summed E-state index contributed by atoms with van der Waals surface area (Å²) in [5.41, 5.74) is 7.07. The molecule has 0 atom stereocenters. The Bertz CT molecular complexity index is 298. The molecule has 0 radical (unpaired) electrons. The molecule has 1 aliphatic heterocycles. The van der Waals surface area contributed by atoms with E-state index in [1.54, 1.807) is 6.92 Å². The van der Waals surface area contributed by atoms with Crippen LogP contribution in [0.15, 0.2) is 24.3 Å². The lowest BCUT2D eigenvalue weighted by molar-refractivity contribution is -0.129. The van der Waals surface area contributed by atoms with Crippen LogP contribution in [0.4, 0.5) is 0 Å².